The molecule has 9 nitrogen and oxygen atoms in total. The number of hydrogen-bond acceptors (Lipinski definition) is 6. The molecule has 1 aromatic rings. The second-order valence-electron chi connectivity index (χ2n) is 6.69. The van der Waals surface area contributed by atoms with E-state index < -0.39 is 0 Å². The van der Waals surface area contributed by atoms with Gasteiger partial charge in [-0.3, -0.25) is 14.5 Å². The van der Waals surface area contributed by atoms with Crippen molar-refractivity contribution in [2.75, 3.05) is 51.3 Å². The van der Waals surface area contributed by atoms with Crippen LogP contribution in [0.5, 0.6) is 0 Å². The molecule has 2 saturated heterocycles. The van der Waals surface area contributed by atoms with Gasteiger partial charge in [0, 0.05) is 45.8 Å². The normalized spacial score (nSPS) is 17.6. The lowest BCUT2D eigenvalue weighted by molar-refractivity contribution is -0.126. The number of urea groups is 1. The molecule has 27 heavy (non-hydrogen) atoms. The van der Waals surface area contributed by atoms with E-state index in [2.05, 4.69) is 15.2 Å². The Morgan fingerprint density at radius 2 is 2.04 bits per heavy atom. The van der Waals surface area contributed by atoms with Crippen molar-refractivity contribution in [2.24, 2.45) is 0 Å². The molecule has 0 aromatic carbocycles. The highest BCUT2D eigenvalue weighted by atomic mass is 16.5. The maximum atomic E-state index is 12.0. The van der Waals surface area contributed by atoms with E-state index in [0.717, 1.165) is 24.5 Å². The summed E-state index contributed by atoms with van der Waals surface area (Å²) in [5.41, 5.74) is 0.923. The number of rotatable bonds is 7. The molecular weight excluding hydrogens is 350 g/mol. The van der Waals surface area contributed by atoms with Crippen molar-refractivity contribution in [3.8, 4) is 0 Å². The van der Waals surface area contributed by atoms with Gasteiger partial charge in [0.15, 0.2) is 0 Å². The Hall–Kier alpha value is -2.68. The number of amides is 4. The Balaban J connectivity index is 1.37. The van der Waals surface area contributed by atoms with E-state index in [1.165, 1.54) is 9.80 Å². The second-order valence-corrected chi connectivity index (χ2v) is 6.69. The molecule has 2 fully saturated rings. The molecular formula is C18H25N5O4. The van der Waals surface area contributed by atoms with Crippen molar-refractivity contribution in [3.63, 3.8) is 0 Å². The third-order valence-corrected chi connectivity index (χ3v) is 4.65. The fourth-order valence-electron chi connectivity index (χ4n) is 3.08. The summed E-state index contributed by atoms with van der Waals surface area (Å²) in [6, 6.07) is 3.61. The van der Waals surface area contributed by atoms with Gasteiger partial charge in [0.2, 0.25) is 11.8 Å². The maximum Gasteiger partial charge on any atom is 0.326 e. The minimum Gasteiger partial charge on any atom is -0.378 e. The number of hydrogen-bond donors (Lipinski definition) is 1. The predicted molar refractivity (Wildman–Crippen MR) is 98.1 cm³/mol. The van der Waals surface area contributed by atoms with Crippen LogP contribution >= 0.6 is 0 Å². The number of nitrogens with zero attached hydrogens (tertiary/aromatic N) is 4. The highest BCUT2D eigenvalue weighted by molar-refractivity contribution is 6.01. The van der Waals surface area contributed by atoms with Crippen molar-refractivity contribution in [2.45, 2.75) is 19.4 Å². The van der Waals surface area contributed by atoms with Crippen LogP contribution in [0.15, 0.2) is 18.3 Å². The summed E-state index contributed by atoms with van der Waals surface area (Å²) in [6.07, 6.45) is 2.48. The van der Waals surface area contributed by atoms with Crippen LogP contribution in [-0.2, 0) is 20.9 Å². The van der Waals surface area contributed by atoms with Crippen molar-refractivity contribution in [3.05, 3.63) is 23.9 Å². The van der Waals surface area contributed by atoms with E-state index in [0.29, 0.717) is 26.2 Å². The van der Waals surface area contributed by atoms with E-state index in [1.807, 2.05) is 12.1 Å². The molecule has 1 aromatic heterocycles. The smallest absolute Gasteiger partial charge is 0.326 e. The Labute approximate surface area is 158 Å². The van der Waals surface area contributed by atoms with Crippen LogP contribution in [0.4, 0.5) is 10.6 Å². The minimum absolute atomic E-state index is 0.110. The van der Waals surface area contributed by atoms with Crippen LogP contribution in [0.25, 0.3) is 0 Å². The number of nitrogens with one attached hydrogen (secondary N) is 1. The molecule has 0 unspecified atom stereocenters. The van der Waals surface area contributed by atoms with Gasteiger partial charge in [0.05, 0.1) is 13.2 Å². The largest absolute Gasteiger partial charge is 0.378 e. The SMILES string of the molecule is CN1CC(=O)N(CCCC(=O)NCc2ccc(N3CCOCC3)nc2)C1=O. The lowest BCUT2D eigenvalue weighted by Crippen LogP contribution is -2.36. The number of imide groups is 1. The topological polar surface area (TPSA) is 95.1 Å². The van der Waals surface area contributed by atoms with Gasteiger partial charge in [-0.05, 0) is 18.1 Å². The Kier molecular flexibility index (Phi) is 6.23. The van der Waals surface area contributed by atoms with Gasteiger partial charge in [-0.2, -0.15) is 0 Å². The monoisotopic (exact) mass is 375 g/mol. The molecule has 2 aliphatic rings. The first kappa shape index (κ1) is 19.1. The van der Waals surface area contributed by atoms with Crippen LogP contribution < -0.4 is 10.2 Å². The van der Waals surface area contributed by atoms with Gasteiger partial charge in [0.1, 0.15) is 12.4 Å². The number of carbonyl (C=O) groups excluding carboxylic acids is 3. The highest BCUT2D eigenvalue weighted by Crippen LogP contribution is 2.13. The summed E-state index contributed by atoms with van der Waals surface area (Å²) in [4.78, 5) is 44.6. The van der Waals surface area contributed by atoms with Gasteiger partial charge in [-0.15, -0.1) is 0 Å². The van der Waals surface area contributed by atoms with Crippen molar-refractivity contribution < 1.29 is 19.1 Å². The molecule has 0 radical (unpaired) electrons. The van der Waals surface area contributed by atoms with Gasteiger partial charge in [-0.25, -0.2) is 9.78 Å². The fourth-order valence-corrected chi connectivity index (χ4v) is 3.08. The lowest BCUT2D eigenvalue weighted by atomic mass is 10.2. The van der Waals surface area contributed by atoms with Crippen LogP contribution in [0.1, 0.15) is 18.4 Å². The molecule has 3 rings (SSSR count). The quantitative estimate of drug-likeness (QED) is 0.685. The maximum absolute atomic E-state index is 12.0. The van der Waals surface area contributed by atoms with E-state index in [-0.39, 0.29) is 37.4 Å². The van der Waals surface area contributed by atoms with Crippen LogP contribution in [-0.4, -0.2) is 79.1 Å². The standard InChI is InChI=1S/C18H25N5O4/c1-21-13-17(25)23(18(21)26)6-2-3-16(24)20-12-14-4-5-15(19-11-14)22-7-9-27-10-8-22/h4-5,11H,2-3,6-10,12-13H2,1H3,(H,20,24). The van der Waals surface area contributed by atoms with E-state index in [1.54, 1.807) is 13.2 Å². The highest BCUT2D eigenvalue weighted by Gasteiger charge is 2.32. The van der Waals surface area contributed by atoms with Gasteiger partial charge in [0.25, 0.3) is 0 Å². The molecule has 0 saturated carbocycles. The zero-order valence-corrected chi connectivity index (χ0v) is 15.5. The van der Waals surface area contributed by atoms with E-state index >= 15 is 0 Å². The first-order valence-corrected chi connectivity index (χ1v) is 9.14. The first-order chi connectivity index (χ1) is 13.0. The zero-order chi connectivity index (χ0) is 19.2. The Bertz CT molecular complexity index is 687. The molecule has 0 bridgehead atoms. The fraction of sp³-hybridized carbons (Fsp3) is 0.556. The number of morpholine rings is 1. The molecule has 1 N–H and O–H groups in total. The molecule has 4 amide bonds. The number of likely N-dealkylation sites (N-methyl/N-ethyl adjacent to an activating group) is 1. The molecule has 0 aliphatic carbocycles. The van der Waals surface area contributed by atoms with Gasteiger partial charge in [-0.1, -0.05) is 6.07 Å². The molecule has 146 valence electrons. The number of anilines is 1. The number of carbonyl (C=O) groups is 3. The summed E-state index contributed by atoms with van der Waals surface area (Å²) in [5.74, 6) is 0.590. The third kappa shape index (κ3) is 4.94. The lowest BCUT2D eigenvalue weighted by Gasteiger charge is -2.27. The zero-order valence-electron chi connectivity index (χ0n) is 15.5. The van der Waals surface area contributed by atoms with Crippen molar-refractivity contribution in [1.82, 2.24) is 20.1 Å². The summed E-state index contributed by atoms with van der Waals surface area (Å²) >= 11 is 0. The Morgan fingerprint density at radius 3 is 2.67 bits per heavy atom. The molecule has 0 atom stereocenters. The number of aromatic nitrogens is 1. The molecule has 2 aliphatic heterocycles. The second kappa shape index (κ2) is 8.81. The number of pyridine rings is 1. The number of ether oxygens (including phenoxy) is 1. The first-order valence-electron chi connectivity index (χ1n) is 9.14. The Morgan fingerprint density at radius 1 is 1.26 bits per heavy atom. The van der Waals surface area contributed by atoms with Crippen molar-refractivity contribution >= 4 is 23.7 Å². The van der Waals surface area contributed by atoms with E-state index in [9.17, 15) is 14.4 Å². The summed E-state index contributed by atoms with van der Waals surface area (Å²) in [6.45, 7) is 3.87. The van der Waals surface area contributed by atoms with Gasteiger partial charge < -0.3 is 19.9 Å². The summed E-state index contributed by atoms with van der Waals surface area (Å²) in [5, 5.41) is 2.84. The van der Waals surface area contributed by atoms with Crippen LogP contribution in [0, 0.1) is 0 Å². The van der Waals surface area contributed by atoms with E-state index in [4.69, 9.17) is 4.74 Å². The average molecular weight is 375 g/mol. The van der Waals surface area contributed by atoms with Crippen molar-refractivity contribution in [1.29, 1.82) is 0 Å². The molecule has 9 heteroatoms. The minimum atomic E-state index is -0.299. The van der Waals surface area contributed by atoms with Crippen LogP contribution in [0.3, 0.4) is 0 Å². The summed E-state index contributed by atoms with van der Waals surface area (Å²) in [7, 11) is 1.59. The molecule has 3 heterocycles. The third-order valence-electron chi connectivity index (χ3n) is 4.65. The molecule has 0 spiro atoms. The van der Waals surface area contributed by atoms with Crippen LogP contribution in [0.2, 0.25) is 0 Å². The van der Waals surface area contributed by atoms with Gasteiger partial charge >= 0.3 is 6.03 Å². The average Bonchev–Trinajstić information content (AvgIpc) is 2.93. The predicted octanol–water partition coefficient (Wildman–Crippen LogP) is 0.209. The summed E-state index contributed by atoms with van der Waals surface area (Å²) < 4.78 is 5.33.